The van der Waals surface area contributed by atoms with Gasteiger partial charge >= 0.3 is 0 Å². The second-order valence-electron chi connectivity index (χ2n) is 9.58. The molecule has 1 aromatic rings. The van der Waals surface area contributed by atoms with Gasteiger partial charge in [0.05, 0.1) is 4.90 Å². The Balaban J connectivity index is 1.29. The third-order valence-electron chi connectivity index (χ3n) is 7.61. The summed E-state index contributed by atoms with van der Waals surface area (Å²) in [6.45, 7) is 2.16. The number of ketones is 1. The monoisotopic (exact) mass is 446 g/mol. The number of Topliss-reactive ketones (excluding diaryl/α,β-unsaturated/α-hetero) is 1. The number of sulfonamides is 1. The number of benzene rings is 1. The van der Waals surface area contributed by atoms with Gasteiger partial charge in [0.1, 0.15) is 0 Å². The lowest BCUT2D eigenvalue weighted by Gasteiger charge is -2.40. The van der Waals surface area contributed by atoms with Crippen molar-refractivity contribution in [2.75, 3.05) is 13.1 Å². The third kappa shape index (κ3) is 5.03. The smallest absolute Gasteiger partial charge is 0.243 e. The standard InChI is InChI=1S/C24H34N2O4S/c1-17(27)18-7-10-23(11-8-18)31(29,30)26-14-12-20(13-15-26)24(28)25-22-9-6-19-4-2-3-5-21(19)16-22/h7-8,10-11,19-22H,2-6,9,12-16H2,1H3,(H,25,28)/t19-,21+,22-/m1/s1. The van der Waals surface area contributed by atoms with Gasteiger partial charge in [-0.1, -0.05) is 37.8 Å². The zero-order valence-corrected chi connectivity index (χ0v) is 19.2. The first kappa shape index (κ1) is 22.5. The molecule has 0 aromatic heterocycles. The minimum absolute atomic E-state index is 0.0900. The quantitative estimate of drug-likeness (QED) is 0.698. The molecule has 1 aliphatic heterocycles. The van der Waals surface area contributed by atoms with Crippen LogP contribution in [0.15, 0.2) is 29.2 Å². The molecule has 31 heavy (non-hydrogen) atoms. The summed E-state index contributed by atoms with van der Waals surface area (Å²) < 4.78 is 27.3. The van der Waals surface area contributed by atoms with Crippen LogP contribution in [0.1, 0.15) is 75.1 Å². The fraction of sp³-hybridized carbons (Fsp3) is 0.667. The van der Waals surface area contributed by atoms with E-state index in [0.717, 1.165) is 24.7 Å². The molecular weight excluding hydrogens is 412 g/mol. The first-order chi connectivity index (χ1) is 14.8. The van der Waals surface area contributed by atoms with Crippen molar-refractivity contribution in [2.45, 2.75) is 75.6 Å². The molecule has 0 spiro atoms. The summed E-state index contributed by atoms with van der Waals surface area (Å²) in [5.74, 6) is 1.53. The number of fused-ring (bicyclic) bond motifs is 1. The number of carbonyl (C=O) groups is 2. The van der Waals surface area contributed by atoms with Crippen molar-refractivity contribution in [2.24, 2.45) is 17.8 Å². The Labute approximate surface area is 185 Å². The highest BCUT2D eigenvalue weighted by Crippen LogP contribution is 2.40. The molecule has 1 amide bonds. The largest absolute Gasteiger partial charge is 0.353 e. The van der Waals surface area contributed by atoms with E-state index in [1.807, 2.05) is 0 Å². The normalized spacial score (nSPS) is 28.0. The average Bonchev–Trinajstić information content (AvgIpc) is 2.79. The van der Waals surface area contributed by atoms with Gasteiger partial charge in [-0.3, -0.25) is 9.59 Å². The molecule has 2 aliphatic carbocycles. The molecule has 4 rings (SSSR count). The number of amides is 1. The van der Waals surface area contributed by atoms with E-state index in [9.17, 15) is 18.0 Å². The molecule has 1 N–H and O–H groups in total. The highest BCUT2D eigenvalue weighted by Gasteiger charge is 2.35. The molecule has 6 nitrogen and oxygen atoms in total. The lowest BCUT2D eigenvalue weighted by molar-refractivity contribution is -0.127. The van der Waals surface area contributed by atoms with E-state index in [0.29, 0.717) is 31.5 Å². The maximum atomic E-state index is 12.9. The summed E-state index contributed by atoms with van der Waals surface area (Å²) in [6.07, 6.45) is 9.87. The summed E-state index contributed by atoms with van der Waals surface area (Å²) in [5, 5.41) is 3.28. The van der Waals surface area contributed by atoms with Crippen molar-refractivity contribution in [3.05, 3.63) is 29.8 Å². The van der Waals surface area contributed by atoms with E-state index < -0.39 is 10.0 Å². The topological polar surface area (TPSA) is 83.6 Å². The van der Waals surface area contributed by atoms with Gasteiger partial charge in [-0.2, -0.15) is 4.31 Å². The van der Waals surface area contributed by atoms with Crippen molar-refractivity contribution in [3.63, 3.8) is 0 Å². The number of rotatable bonds is 5. The first-order valence-electron chi connectivity index (χ1n) is 11.8. The van der Waals surface area contributed by atoms with Gasteiger partial charge in [-0.15, -0.1) is 0 Å². The lowest BCUT2D eigenvalue weighted by atomic mass is 9.69. The number of nitrogens with zero attached hydrogens (tertiary/aromatic N) is 1. The van der Waals surface area contributed by atoms with Crippen LogP contribution in [0.4, 0.5) is 0 Å². The summed E-state index contributed by atoms with van der Waals surface area (Å²) in [4.78, 5) is 24.5. The van der Waals surface area contributed by atoms with Crippen molar-refractivity contribution in [3.8, 4) is 0 Å². The summed E-state index contributed by atoms with van der Waals surface area (Å²) >= 11 is 0. The molecule has 0 radical (unpaired) electrons. The van der Waals surface area contributed by atoms with Crippen LogP contribution in [0, 0.1) is 17.8 Å². The minimum atomic E-state index is -3.60. The van der Waals surface area contributed by atoms with E-state index in [2.05, 4.69) is 5.32 Å². The van der Waals surface area contributed by atoms with Gasteiger partial charge in [0.2, 0.25) is 15.9 Å². The number of carbonyl (C=O) groups excluding carboxylic acids is 2. The van der Waals surface area contributed by atoms with Crippen LogP contribution in [0.5, 0.6) is 0 Å². The molecular formula is C24H34N2O4S. The molecule has 1 saturated heterocycles. The molecule has 1 heterocycles. The Bertz CT molecular complexity index is 904. The predicted octanol–water partition coefficient (Wildman–Crippen LogP) is 3.77. The highest BCUT2D eigenvalue weighted by molar-refractivity contribution is 7.89. The molecule has 0 unspecified atom stereocenters. The van der Waals surface area contributed by atoms with E-state index in [4.69, 9.17) is 0 Å². The van der Waals surface area contributed by atoms with Crippen LogP contribution in [-0.2, 0) is 14.8 Å². The molecule has 7 heteroatoms. The van der Waals surface area contributed by atoms with Crippen LogP contribution in [0.3, 0.4) is 0 Å². The number of nitrogens with one attached hydrogen (secondary N) is 1. The zero-order chi connectivity index (χ0) is 22.0. The predicted molar refractivity (Wildman–Crippen MR) is 119 cm³/mol. The van der Waals surface area contributed by atoms with Crippen LogP contribution < -0.4 is 5.32 Å². The average molecular weight is 447 g/mol. The Hall–Kier alpha value is -1.73. The summed E-state index contributed by atoms with van der Waals surface area (Å²) in [5.41, 5.74) is 0.497. The Morgan fingerprint density at radius 1 is 0.903 bits per heavy atom. The van der Waals surface area contributed by atoms with Gasteiger partial charge in [0.25, 0.3) is 0 Å². The molecule has 1 aromatic carbocycles. The second-order valence-corrected chi connectivity index (χ2v) is 11.5. The van der Waals surface area contributed by atoms with Crippen molar-refractivity contribution < 1.29 is 18.0 Å². The van der Waals surface area contributed by atoms with Gasteiger partial charge < -0.3 is 5.32 Å². The van der Waals surface area contributed by atoms with Crippen LogP contribution in [0.25, 0.3) is 0 Å². The fourth-order valence-corrected chi connectivity index (χ4v) is 7.16. The van der Waals surface area contributed by atoms with E-state index in [-0.39, 0.29) is 28.5 Å². The highest BCUT2D eigenvalue weighted by atomic mass is 32.2. The maximum absolute atomic E-state index is 12.9. The van der Waals surface area contributed by atoms with Crippen molar-refractivity contribution >= 4 is 21.7 Å². The minimum Gasteiger partial charge on any atom is -0.353 e. The molecule has 3 aliphatic rings. The molecule has 170 valence electrons. The van der Waals surface area contributed by atoms with Crippen molar-refractivity contribution in [1.29, 1.82) is 0 Å². The molecule has 0 bridgehead atoms. The summed E-state index contributed by atoms with van der Waals surface area (Å²) in [7, 11) is -3.60. The van der Waals surface area contributed by atoms with Gasteiger partial charge in [-0.25, -0.2) is 8.42 Å². The fourth-order valence-electron chi connectivity index (χ4n) is 5.69. The van der Waals surface area contributed by atoms with Crippen molar-refractivity contribution in [1.82, 2.24) is 9.62 Å². The van der Waals surface area contributed by atoms with Crippen LogP contribution >= 0.6 is 0 Å². The second kappa shape index (κ2) is 9.41. The Morgan fingerprint density at radius 3 is 2.19 bits per heavy atom. The van der Waals surface area contributed by atoms with E-state index in [1.54, 1.807) is 12.1 Å². The number of hydrogen-bond acceptors (Lipinski definition) is 4. The molecule has 3 fully saturated rings. The SMILES string of the molecule is CC(=O)c1ccc(S(=O)(=O)N2CCC(C(=O)N[C@@H]3CC[C@H]4CCCC[C@H]4C3)CC2)cc1. The number of piperidine rings is 1. The van der Waals surface area contributed by atoms with Crippen LogP contribution in [-0.4, -0.2) is 43.5 Å². The maximum Gasteiger partial charge on any atom is 0.243 e. The molecule has 2 saturated carbocycles. The Morgan fingerprint density at radius 2 is 1.55 bits per heavy atom. The zero-order valence-electron chi connectivity index (χ0n) is 18.4. The Kier molecular flexibility index (Phi) is 6.82. The molecule has 3 atom stereocenters. The van der Waals surface area contributed by atoms with Gasteiger partial charge in [0, 0.05) is 30.6 Å². The number of hydrogen-bond donors (Lipinski definition) is 1. The van der Waals surface area contributed by atoms with Gasteiger partial charge in [-0.05, 0) is 63.0 Å². The first-order valence-corrected chi connectivity index (χ1v) is 13.2. The van der Waals surface area contributed by atoms with Gasteiger partial charge in [0.15, 0.2) is 5.78 Å². The summed E-state index contributed by atoms with van der Waals surface area (Å²) in [6, 6.07) is 6.37. The van der Waals surface area contributed by atoms with Crippen LogP contribution in [0.2, 0.25) is 0 Å². The van der Waals surface area contributed by atoms with E-state index >= 15 is 0 Å². The lowest BCUT2D eigenvalue weighted by Crippen LogP contribution is -2.47. The third-order valence-corrected chi connectivity index (χ3v) is 9.52. The van der Waals surface area contributed by atoms with E-state index in [1.165, 1.54) is 55.5 Å².